The molecule has 1 aliphatic carbocycles. The van der Waals surface area contributed by atoms with E-state index in [0.29, 0.717) is 5.56 Å². The lowest BCUT2D eigenvalue weighted by molar-refractivity contribution is 0.0886. The number of carbonyl (C=O) groups excluding carboxylic acids is 1. The van der Waals surface area contributed by atoms with Crippen LogP contribution in [0.15, 0.2) is 36.7 Å². The largest absolute Gasteiger partial charge is 0.341 e. The van der Waals surface area contributed by atoms with Crippen molar-refractivity contribution in [2.24, 2.45) is 0 Å². The van der Waals surface area contributed by atoms with E-state index in [-0.39, 0.29) is 17.5 Å². The Labute approximate surface area is 116 Å². The number of hydrogen-bond acceptors (Lipinski definition) is 2. The van der Waals surface area contributed by atoms with Crippen LogP contribution in [0.4, 0.5) is 4.39 Å². The Balaban J connectivity index is 1.93. The Bertz CT molecular complexity index is 603. The molecule has 1 amide bonds. The van der Waals surface area contributed by atoms with E-state index in [0.717, 1.165) is 25.7 Å². The van der Waals surface area contributed by atoms with Gasteiger partial charge in [-0.05, 0) is 18.9 Å². The predicted octanol–water partition coefficient (Wildman–Crippen LogP) is 2.75. The summed E-state index contributed by atoms with van der Waals surface area (Å²) < 4.78 is 14.1. The topological polar surface area (TPSA) is 57.8 Å². The molecule has 1 aromatic heterocycles. The lowest BCUT2D eigenvalue weighted by Gasteiger charge is -2.31. The van der Waals surface area contributed by atoms with Crippen LogP contribution in [0, 0.1) is 5.82 Å². The van der Waals surface area contributed by atoms with Gasteiger partial charge in [0, 0.05) is 18.0 Å². The Morgan fingerprint density at radius 3 is 2.70 bits per heavy atom. The van der Waals surface area contributed by atoms with Crippen LogP contribution in [0.2, 0.25) is 0 Å². The summed E-state index contributed by atoms with van der Waals surface area (Å²) in [6.07, 6.45) is 6.58. The summed E-state index contributed by atoms with van der Waals surface area (Å²) in [5.74, 6) is -0.304. The van der Waals surface area contributed by atoms with Gasteiger partial charge >= 0.3 is 0 Å². The van der Waals surface area contributed by atoms with E-state index in [9.17, 15) is 9.18 Å². The molecule has 0 saturated heterocycles. The number of nitrogens with zero attached hydrogens (tertiary/aromatic N) is 1. The van der Waals surface area contributed by atoms with Crippen molar-refractivity contribution in [3.05, 3.63) is 53.9 Å². The molecule has 0 aliphatic heterocycles. The van der Waals surface area contributed by atoms with E-state index in [1.807, 2.05) is 0 Å². The van der Waals surface area contributed by atoms with Crippen molar-refractivity contribution in [1.82, 2.24) is 15.3 Å². The second-order valence-corrected chi connectivity index (χ2v) is 5.16. The maximum absolute atomic E-state index is 14.1. The van der Waals surface area contributed by atoms with E-state index in [1.165, 1.54) is 12.3 Å². The van der Waals surface area contributed by atoms with Gasteiger partial charge in [-0.1, -0.05) is 31.0 Å². The second-order valence-electron chi connectivity index (χ2n) is 5.16. The lowest BCUT2D eigenvalue weighted by atomic mass is 9.87. The van der Waals surface area contributed by atoms with Crippen LogP contribution in [0.1, 0.15) is 41.9 Å². The number of amides is 1. The molecule has 20 heavy (non-hydrogen) atoms. The van der Waals surface area contributed by atoms with E-state index >= 15 is 0 Å². The molecule has 2 N–H and O–H groups in total. The molecule has 0 atom stereocenters. The molecule has 0 spiro atoms. The van der Waals surface area contributed by atoms with Crippen LogP contribution < -0.4 is 5.32 Å². The zero-order valence-electron chi connectivity index (χ0n) is 11.0. The molecule has 1 aliphatic rings. The maximum Gasteiger partial charge on any atom is 0.287 e. The minimum absolute atomic E-state index is 0.257. The first-order chi connectivity index (χ1) is 9.71. The summed E-state index contributed by atoms with van der Waals surface area (Å²) >= 11 is 0. The molecule has 4 nitrogen and oxygen atoms in total. The van der Waals surface area contributed by atoms with Gasteiger partial charge in [0.15, 0.2) is 5.82 Å². The minimum atomic E-state index is -0.616. The number of benzene rings is 1. The molecule has 1 saturated carbocycles. The first-order valence-electron chi connectivity index (χ1n) is 6.78. The van der Waals surface area contributed by atoms with Gasteiger partial charge in [0.05, 0.1) is 5.54 Å². The van der Waals surface area contributed by atoms with Gasteiger partial charge in [-0.15, -0.1) is 0 Å². The summed E-state index contributed by atoms with van der Waals surface area (Å²) in [6, 6.07) is 6.66. The van der Waals surface area contributed by atoms with Gasteiger partial charge in [-0.25, -0.2) is 9.37 Å². The molecule has 0 bridgehead atoms. The molecular formula is C15H16FN3O. The molecule has 104 valence electrons. The number of H-pyrrole nitrogens is 1. The molecule has 5 heteroatoms. The number of halogens is 1. The van der Waals surface area contributed by atoms with Crippen molar-refractivity contribution in [1.29, 1.82) is 0 Å². The third-order valence-corrected chi connectivity index (χ3v) is 3.91. The van der Waals surface area contributed by atoms with Gasteiger partial charge < -0.3 is 10.3 Å². The van der Waals surface area contributed by atoms with Gasteiger partial charge in [0.25, 0.3) is 5.91 Å². The van der Waals surface area contributed by atoms with E-state index in [4.69, 9.17) is 0 Å². The molecular weight excluding hydrogens is 257 g/mol. The predicted molar refractivity (Wildman–Crippen MR) is 72.6 cm³/mol. The fraction of sp³-hybridized carbons (Fsp3) is 0.333. The van der Waals surface area contributed by atoms with Gasteiger partial charge in [-0.3, -0.25) is 4.79 Å². The number of aromatic nitrogens is 2. The van der Waals surface area contributed by atoms with Crippen LogP contribution in [0.25, 0.3) is 0 Å². The Kier molecular flexibility index (Phi) is 3.26. The normalized spacial score (nSPS) is 17.1. The second kappa shape index (κ2) is 5.07. The third kappa shape index (κ3) is 2.19. The van der Waals surface area contributed by atoms with Crippen molar-refractivity contribution in [3.8, 4) is 0 Å². The van der Waals surface area contributed by atoms with Crippen molar-refractivity contribution in [2.75, 3.05) is 0 Å². The maximum atomic E-state index is 14.1. The fourth-order valence-electron chi connectivity index (χ4n) is 2.96. The van der Waals surface area contributed by atoms with Gasteiger partial charge in [0.1, 0.15) is 5.82 Å². The highest BCUT2D eigenvalue weighted by Crippen LogP contribution is 2.39. The van der Waals surface area contributed by atoms with Crippen LogP contribution in [0.5, 0.6) is 0 Å². The first kappa shape index (κ1) is 12.8. The summed E-state index contributed by atoms with van der Waals surface area (Å²) in [4.78, 5) is 18.9. The summed E-state index contributed by atoms with van der Waals surface area (Å²) in [5, 5.41) is 2.98. The van der Waals surface area contributed by atoms with Crippen LogP contribution in [-0.2, 0) is 5.54 Å². The van der Waals surface area contributed by atoms with Crippen molar-refractivity contribution < 1.29 is 9.18 Å². The lowest BCUT2D eigenvalue weighted by Crippen LogP contribution is -2.44. The third-order valence-electron chi connectivity index (χ3n) is 3.91. The Hall–Kier alpha value is -2.17. The average molecular weight is 273 g/mol. The summed E-state index contributed by atoms with van der Waals surface area (Å²) in [5.41, 5.74) is -0.0488. The standard InChI is InChI=1S/C15H16FN3O/c16-12-6-2-1-5-11(12)15(7-3-4-8-15)19-14(20)13-17-9-10-18-13/h1-2,5-6,9-10H,3-4,7-8H2,(H,17,18)(H,19,20). The Morgan fingerprint density at radius 2 is 2.05 bits per heavy atom. The first-order valence-corrected chi connectivity index (χ1v) is 6.78. The zero-order chi connectivity index (χ0) is 14.0. The number of hydrogen-bond donors (Lipinski definition) is 2. The van der Waals surface area contributed by atoms with E-state index < -0.39 is 5.54 Å². The summed E-state index contributed by atoms with van der Waals surface area (Å²) in [6.45, 7) is 0. The molecule has 2 aromatic rings. The highest BCUT2D eigenvalue weighted by atomic mass is 19.1. The Morgan fingerprint density at radius 1 is 1.30 bits per heavy atom. The molecule has 1 fully saturated rings. The molecule has 1 heterocycles. The number of nitrogens with one attached hydrogen (secondary N) is 2. The van der Waals surface area contributed by atoms with Crippen molar-refractivity contribution in [2.45, 2.75) is 31.2 Å². The quantitative estimate of drug-likeness (QED) is 0.903. The summed E-state index contributed by atoms with van der Waals surface area (Å²) in [7, 11) is 0. The van der Waals surface area contributed by atoms with Crippen molar-refractivity contribution in [3.63, 3.8) is 0 Å². The molecule has 3 rings (SSSR count). The van der Waals surface area contributed by atoms with E-state index in [1.54, 1.807) is 24.4 Å². The molecule has 0 unspecified atom stereocenters. The highest BCUT2D eigenvalue weighted by molar-refractivity contribution is 5.91. The monoisotopic (exact) mass is 273 g/mol. The SMILES string of the molecule is O=C(NC1(c2ccccc2F)CCCC1)c1ncc[nH]1. The van der Waals surface area contributed by atoms with Crippen LogP contribution in [-0.4, -0.2) is 15.9 Å². The van der Waals surface area contributed by atoms with Crippen molar-refractivity contribution >= 4 is 5.91 Å². The smallest absolute Gasteiger partial charge is 0.287 e. The number of imidazole rings is 1. The number of rotatable bonds is 3. The highest BCUT2D eigenvalue weighted by Gasteiger charge is 2.39. The van der Waals surface area contributed by atoms with Gasteiger partial charge in [-0.2, -0.15) is 0 Å². The zero-order valence-corrected chi connectivity index (χ0v) is 11.0. The van der Waals surface area contributed by atoms with E-state index in [2.05, 4.69) is 15.3 Å². The molecule has 0 radical (unpaired) electrons. The number of aromatic amines is 1. The average Bonchev–Trinajstić information content (AvgIpc) is 3.10. The molecule has 1 aromatic carbocycles. The minimum Gasteiger partial charge on any atom is -0.341 e. The fourth-order valence-corrected chi connectivity index (χ4v) is 2.96. The number of carbonyl (C=O) groups is 1. The van der Waals surface area contributed by atoms with Crippen LogP contribution in [0.3, 0.4) is 0 Å². The van der Waals surface area contributed by atoms with Crippen LogP contribution >= 0.6 is 0 Å². The van der Waals surface area contributed by atoms with Gasteiger partial charge in [0.2, 0.25) is 0 Å².